The lowest BCUT2D eigenvalue weighted by molar-refractivity contribution is 0.103. The van der Waals surface area contributed by atoms with E-state index >= 15 is 0 Å². The summed E-state index contributed by atoms with van der Waals surface area (Å²) in [6, 6.07) is 24.9. The van der Waals surface area contributed by atoms with Crippen LogP contribution >= 0.6 is 11.6 Å². The average Bonchev–Trinajstić information content (AvgIpc) is 2.89. The standard InChI is InChI=1S/C30H17ClO5/c31-18-11-13-24-22(15-18)29(35)26-19-12-10-17(27(33)20-8-4-5-9-23(20)32)14-21(19)28(34)25(30(26)36-24)16-6-2-1-3-7-16/h1-15,32,34H. The van der Waals surface area contributed by atoms with Gasteiger partial charge in [0.25, 0.3) is 0 Å². The van der Waals surface area contributed by atoms with Gasteiger partial charge in [0.2, 0.25) is 5.43 Å². The zero-order valence-corrected chi connectivity index (χ0v) is 19.4. The Balaban J connectivity index is 1.75. The molecule has 1 heterocycles. The first-order valence-corrected chi connectivity index (χ1v) is 11.5. The first kappa shape index (κ1) is 21.9. The number of hydrogen-bond donors (Lipinski definition) is 2. The van der Waals surface area contributed by atoms with E-state index in [9.17, 15) is 19.8 Å². The Bertz CT molecular complexity index is 1910. The van der Waals surface area contributed by atoms with Crippen molar-refractivity contribution in [3.05, 3.63) is 117 Å². The molecule has 0 radical (unpaired) electrons. The van der Waals surface area contributed by atoms with Crippen LogP contribution in [0.3, 0.4) is 0 Å². The largest absolute Gasteiger partial charge is 0.507 e. The third kappa shape index (κ3) is 3.33. The molecule has 0 unspecified atom stereocenters. The SMILES string of the molecule is O=C(c1ccc2c(c1)c(O)c(-c1ccccc1)c1oc3ccc(Cl)cc3c(=O)c12)c1ccccc1O. The summed E-state index contributed by atoms with van der Waals surface area (Å²) >= 11 is 6.16. The summed E-state index contributed by atoms with van der Waals surface area (Å²) in [4.78, 5) is 26.9. The minimum Gasteiger partial charge on any atom is -0.507 e. The van der Waals surface area contributed by atoms with E-state index in [-0.39, 0.29) is 39.0 Å². The van der Waals surface area contributed by atoms with Gasteiger partial charge in [0, 0.05) is 21.4 Å². The molecule has 0 spiro atoms. The van der Waals surface area contributed by atoms with E-state index in [1.54, 1.807) is 42.5 Å². The van der Waals surface area contributed by atoms with Gasteiger partial charge in [0.05, 0.1) is 21.9 Å². The Morgan fingerprint density at radius 1 is 0.778 bits per heavy atom. The molecule has 0 bridgehead atoms. The van der Waals surface area contributed by atoms with Crippen LogP contribution in [0.1, 0.15) is 15.9 Å². The van der Waals surface area contributed by atoms with Crippen LogP contribution in [0.2, 0.25) is 5.02 Å². The molecule has 36 heavy (non-hydrogen) atoms. The molecule has 1 aromatic heterocycles. The van der Waals surface area contributed by atoms with E-state index in [4.69, 9.17) is 16.0 Å². The lowest BCUT2D eigenvalue weighted by atomic mass is 9.92. The van der Waals surface area contributed by atoms with Crippen molar-refractivity contribution in [1.82, 2.24) is 0 Å². The maximum atomic E-state index is 13.7. The second-order valence-electron chi connectivity index (χ2n) is 8.47. The summed E-state index contributed by atoms with van der Waals surface area (Å²) in [7, 11) is 0. The quantitative estimate of drug-likeness (QED) is 0.157. The van der Waals surface area contributed by atoms with Crippen molar-refractivity contribution in [3.8, 4) is 22.6 Å². The lowest BCUT2D eigenvalue weighted by Gasteiger charge is -2.14. The predicted octanol–water partition coefficient (Wildman–Crippen LogP) is 7.06. The molecule has 174 valence electrons. The van der Waals surface area contributed by atoms with E-state index in [1.165, 1.54) is 18.2 Å². The number of benzene rings is 5. The van der Waals surface area contributed by atoms with E-state index in [0.29, 0.717) is 37.9 Å². The number of phenols is 2. The van der Waals surface area contributed by atoms with E-state index < -0.39 is 5.78 Å². The number of carbonyl (C=O) groups is 1. The molecule has 5 aromatic carbocycles. The van der Waals surface area contributed by atoms with E-state index in [2.05, 4.69) is 0 Å². The van der Waals surface area contributed by atoms with Gasteiger partial charge in [-0.1, -0.05) is 66.2 Å². The van der Waals surface area contributed by atoms with Crippen molar-refractivity contribution in [2.45, 2.75) is 0 Å². The highest BCUT2D eigenvalue weighted by molar-refractivity contribution is 6.31. The Kier molecular flexibility index (Phi) is 5.02. The second kappa shape index (κ2) is 8.26. The zero-order valence-electron chi connectivity index (χ0n) is 18.7. The number of carbonyl (C=O) groups excluding carboxylic acids is 1. The number of phenolic OH excluding ortho intramolecular Hbond substituents is 2. The third-order valence-corrected chi connectivity index (χ3v) is 6.57. The highest BCUT2D eigenvalue weighted by Gasteiger charge is 2.23. The predicted molar refractivity (Wildman–Crippen MR) is 141 cm³/mol. The van der Waals surface area contributed by atoms with Gasteiger partial charge >= 0.3 is 0 Å². The summed E-state index contributed by atoms with van der Waals surface area (Å²) < 4.78 is 6.20. The number of halogens is 1. The molecule has 6 heteroatoms. The molecular weight excluding hydrogens is 476 g/mol. The zero-order chi connectivity index (χ0) is 25.0. The normalized spacial score (nSPS) is 11.4. The molecule has 0 fully saturated rings. The van der Waals surface area contributed by atoms with Crippen molar-refractivity contribution in [1.29, 1.82) is 0 Å². The topological polar surface area (TPSA) is 87.7 Å². The number of para-hydroxylation sites is 1. The van der Waals surface area contributed by atoms with Crippen molar-refractivity contribution in [3.63, 3.8) is 0 Å². The van der Waals surface area contributed by atoms with Crippen molar-refractivity contribution < 1.29 is 19.4 Å². The maximum Gasteiger partial charge on any atom is 0.201 e. The fourth-order valence-electron chi connectivity index (χ4n) is 4.62. The van der Waals surface area contributed by atoms with Gasteiger partial charge in [-0.15, -0.1) is 0 Å². The molecule has 5 nitrogen and oxygen atoms in total. The van der Waals surface area contributed by atoms with Crippen LogP contribution in [0.4, 0.5) is 0 Å². The van der Waals surface area contributed by atoms with Crippen LogP contribution in [0, 0.1) is 0 Å². The molecule has 2 N–H and O–H groups in total. The van der Waals surface area contributed by atoms with Crippen molar-refractivity contribution in [2.75, 3.05) is 0 Å². The smallest absolute Gasteiger partial charge is 0.201 e. The van der Waals surface area contributed by atoms with Crippen LogP contribution in [-0.4, -0.2) is 16.0 Å². The summed E-state index contributed by atoms with van der Waals surface area (Å²) in [5.41, 5.74) is 1.68. The van der Waals surface area contributed by atoms with Gasteiger partial charge in [-0.25, -0.2) is 0 Å². The summed E-state index contributed by atoms with van der Waals surface area (Å²) in [5, 5.41) is 23.4. The number of aromatic hydroxyl groups is 2. The fraction of sp³-hybridized carbons (Fsp3) is 0. The molecular formula is C30H17ClO5. The molecule has 0 atom stereocenters. The minimum absolute atomic E-state index is 0.118. The molecule has 0 aliphatic carbocycles. The van der Waals surface area contributed by atoms with Gasteiger partial charge in [-0.3, -0.25) is 9.59 Å². The number of rotatable bonds is 3. The molecule has 0 amide bonds. The van der Waals surface area contributed by atoms with Gasteiger partial charge in [0.1, 0.15) is 17.1 Å². The Morgan fingerprint density at radius 3 is 2.31 bits per heavy atom. The van der Waals surface area contributed by atoms with Crippen LogP contribution in [0.5, 0.6) is 11.5 Å². The Labute approximate surface area is 209 Å². The number of fused-ring (bicyclic) bond motifs is 4. The molecule has 6 aromatic rings. The van der Waals surface area contributed by atoms with E-state index in [0.717, 1.165) is 0 Å². The van der Waals surface area contributed by atoms with Crippen molar-refractivity contribution in [2.24, 2.45) is 0 Å². The summed E-state index contributed by atoms with van der Waals surface area (Å²) in [6.45, 7) is 0. The highest BCUT2D eigenvalue weighted by Crippen LogP contribution is 2.43. The van der Waals surface area contributed by atoms with Gasteiger partial charge in [0.15, 0.2) is 11.4 Å². The van der Waals surface area contributed by atoms with Crippen LogP contribution in [0.25, 0.3) is 43.8 Å². The molecule has 6 rings (SSSR count). The second-order valence-corrected chi connectivity index (χ2v) is 8.91. The first-order chi connectivity index (χ1) is 17.4. The van der Waals surface area contributed by atoms with Gasteiger partial charge in [-0.05, 0) is 42.0 Å². The van der Waals surface area contributed by atoms with Crippen LogP contribution < -0.4 is 5.43 Å². The maximum absolute atomic E-state index is 13.7. The molecule has 0 saturated heterocycles. The molecule has 0 aliphatic heterocycles. The van der Waals surface area contributed by atoms with Crippen molar-refractivity contribution >= 4 is 50.1 Å². The summed E-state index contributed by atoms with van der Waals surface area (Å²) in [5.74, 6) is -0.667. The lowest BCUT2D eigenvalue weighted by Crippen LogP contribution is -2.05. The van der Waals surface area contributed by atoms with Gasteiger partial charge < -0.3 is 14.6 Å². The fourth-order valence-corrected chi connectivity index (χ4v) is 4.80. The molecule has 0 saturated carbocycles. The summed E-state index contributed by atoms with van der Waals surface area (Å²) in [6.07, 6.45) is 0. The minimum atomic E-state index is -0.409. The van der Waals surface area contributed by atoms with E-state index in [1.807, 2.05) is 30.3 Å². The number of hydrogen-bond acceptors (Lipinski definition) is 5. The Morgan fingerprint density at radius 2 is 1.53 bits per heavy atom. The van der Waals surface area contributed by atoms with Crippen LogP contribution in [-0.2, 0) is 0 Å². The Hall–Kier alpha value is -4.61. The highest BCUT2D eigenvalue weighted by atomic mass is 35.5. The monoisotopic (exact) mass is 492 g/mol. The third-order valence-electron chi connectivity index (χ3n) is 6.33. The number of ketones is 1. The van der Waals surface area contributed by atoms with Gasteiger partial charge in [-0.2, -0.15) is 0 Å². The molecule has 0 aliphatic rings. The first-order valence-electron chi connectivity index (χ1n) is 11.2. The average molecular weight is 493 g/mol. The van der Waals surface area contributed by atoms with Crippen LogP contribution in [0.15, 0.2) is 100 Å².